The number of nitrogens with zero attached hydrogens (tertiary/aromatic N) is 2. The number of aromatic amines is 2. The maximum atomic E-state index is 11.5. The van der Waals surface area contributed by atoms with E-state index in [-0.39, 0.29) is 12.4 Å². The highest BCUT2D eigenvalue weighted by Gasteiger charge is 2.04. The number of aryl methyl sites for hydroxylation is 1. The smallest absolute Gasteiger partial charge is 0.342 e. The molecule has 0 unspecified atom stereocenters. The number of nitrogens with one attached hydrogen (secondary N) is 4. The fraction of sp³-hybridized carbons (Fsp3) is 0.214. The molecule has 9 nitrogen and oxygen atoms in total. The van der Waals surface area contributed by atoms with Crippen LogP contribution in [-0.4, -0.2) is 33.8 Å². The SMILES string of the molecule is O=C(CNc1n[nH]c(=O)[nH]c1=O)N/N=C\CCc1ccccc1. The third kappa shape index (κ3) is 5.58. The summed E-state index contributed by atoms with van der Waals surface area (Å²) in [4.78, 5) is 35.6. The summed E-state index contributed by atoms with van der Waals surface area (Å²) in [5.41, 5.74) is 2.10. The van der Waals surface area contributed by atoms with Gasteiger partial charge in [0.25, 0.3) is 11.5 Å². The Morgan fingerprint density at radius 2 is 2.04 bits per heavy atom. The Kier molecular flexibility index (Phi) is 5.81. The monoisotopic (exact) mass is 316 g/mol. The first-order chi connectivity index (χ1) is 11.1. The van der Waals surface area contributed by atoms with Crippen LogP contribution in [0.2, 0.25) is 0 Å². The number of hydrogen-bond donors (Lipinski definition) is 4. The minimum Gasteiger partial charge on any atom is -0.355 e. The summed E-state index contributed by atoms with van der Waals surface area (Å²) >= 11 is 0. The number of anilines is 1. The Morgan fingerprint density at radius 1 is 1.26 bits per heavy atom. The fourth-order valence-corrected chi connectivity index (χ4v) is 1.73. The third-order valence-corrected chi connectivity index (χ3v) is 2.81. The Morgan fingerprint density at radius 3 is 2.78 bits per heavy atom. The van der Waals surface area contributed by atoms with Gasteiger partial charge in [0.15, 0.2) is 0 Å². The molecule has 1 aromatic heterocycles. The van der Waals surface area contributed by atoms with Gasteiger partial charge in [0.1, 0.15) is 0 Å². The molecule has 0 aliphatic heterocycles. The van der Waals surface area contributed by atoms with E-state index in [1.54, 1.807) is 6.21 Å². The van der Waals surface area contributed by atoms with Crippen molar-refractivity contribution in [2.75, 3.05) is 11.9 Å². The van der Waals surface area contributed by atoms with Crippen molar-refractivity contribution in [1.82, 2.24) is 20.6 Å². The van der Waals surface area contributed by atoms with E-state index in [4.69, 9.17) is 0 Å². The number of aromatic nitrogens is 3. The number of H-pyrrole nitrogens is 2. The first-order valence-corrected chi connectivity index (χ1v) is 6.92. The van der Waals surface area contributed by atoms with Crippen LogP contribution >= 0.6 is 0 Å². The molecule has 1 heterocycles. The molecule has 4 N–H and O–H groups in total. The van der Waals surface area contributed by atoms with E-state index < -0.39 is 17.2 Å². The summed E-state index contributed by atoms with van der Waals surface area (Å²) in [6.07, 6.45) is 3.13. The van der Waals surface area contributed by atoms with Crippen molar-refractivity contribution in [3.8, 4) is 0 Å². The highest BCUT2D eigenvalue weighted by Crippen LogP contribution is 2.00. The molecule has 0 aliphatic carbocycles. The van der Waals surface area contributed by atoms with Crippen LogP contribution in [0.1, 0.15) is 12.0 Å². The molecule has 0 saturated heterocycles. The van der Waals surface area contributed by atoms with Crippen molar-refractivity contribution >= 4 is 17.9 Å². The van der Waals surface area contributed by atoms with Gasteiger partial charge in [-0.2, -0.15) is 5.10 Å². The largest absolute Gasteiger partial charge is 0.355 e. The van der Waals surface area contributed by atoms with Gasteiger partial charge < -0.3 is 5.32 Å². The lowest BCUT2D eigenvalue weighted by molar-refractivity contribution is -0.119. The van der Waals surface area contributed by atoms with Gasteiger partial charge in [-0.15, -0.1) is 5.10 Å². The van der Waals surface area contributed by atoms with Gasteiger partial charge in [-0.1, -0.05) is 30.3 Å². The van der Waals surface area contributed by atoms with Gasteiger partial charge in [-0.25, -0.2) is 15.3 Å². The molecule has 23 heavy (non-hydrogen) atoms. The summed E-state index contributed by atoms with van der Waals surface area (Å²) < 4.78 is 0. The van der Waals surface area contributed by atoms with E-state index in [1.165, 1.54) is 5.56 Å². The van der Waals surface area contributed by atoms with Crippen LogP contribution in [0.4, 0.5) is 5.82 Å². The van der Waals surface area contributed by atoms with Crippen LogP contribution < -0.4 is 22.0 Å². The Labute approximate surface area is 130 Å². The Bertz CT molecular complexity index is 781. The van der Waals surface area contributed by atoms with Crippen molar-refractivity contribution in [1.29, 1.82) is 0 Å². The number of rotatable bonds is 7. The minimum absolute atomic E-state index is 0.146. The second kappa shape index (κ2) is 8.27. The van der Waals surface area contributed by atoms with Crippen molar-refractivity contribution in [3.63, 3.8) is 0 Å². The van der Waals surface area contributed by atoms with Gasteiger partial charge in [-0.05, 0) is 18.4 Å². The van der Waals surface area contributed by atoms with Crippen molar-refractivity contribution in [3.05, 3.63) is 56.7 Å². The number of benzene rings is 1. The molecular weight excluding hydrogens is 300 g/mol. The molecular formula is C14H16N6O3. The summed E-state index contributed by atoms with van der Waals surface area (Å²) in [5, 5.41) is 11.8. The van der Waals surface area contributed by atoms with Crippen LogP contribution in [0.5, 0.6) is 0 Å². The van der Waals surface area contributed by atoms with Crippen molar-refractivity contribution in [2.45, 2.75) is 12.8 Å². The van der Waals surface area contributed by atoms with Crippen LogP contribution in [-0.2, 0) is 11.2 Å². The van der Waals surface area contributed by atoms with Gasteiger partial charge in [-0.3, -0.25) is 14.6 Å². The molecule has 2 aromatic rings. The topological polar surface area (TPSA) is 132 Å². The molecule has 1 amide bonds. The lowest BCUT2D eigenvalue weighted by Gasteiger charge is -2.02. The lowest BCUT2D eigenvalue weighted by Crippen LogP contribution is -2.31. The molecule has 1 aromatic carbocycles. The predicted molar refractivity (Wildman–Crippen MR) is 85.4 cm³/mol. The molecule has 2 rings (SSSR count). The van der Waals surface area contributed by atoms with Gasteiger partial charge >= 0.3 is 5.69 Å². The van der Waals surface area contributed by atoms with Crippen molar-refractivity contribution < 1.29 is 4.79 Å². The molecule has 0 saturated carbocycles. The Hall–Kier alpha value is -3.23. The maximum Gasteiger partial charge on any atom is 0.342 e. The molecule has 120 valence electrons. The number of carbonyl (C=O) groups is 1. The quantitative estimate of drug-likeness (QED) is 0.408. The van der Waals surface area contributed by atoms with Gasteiger partial charge in [0.05, 0.1) is 6.54 Å². The van der Waals surface area contributed by atoms with Gasteiger partial charge in [0.2, 0.25) is 5.82 Å². The highest BCUT2D eigenvalue weighted by atomic mass is 16.2. The summed E-state index contributed by atoms with van der Waals surface area (Å²) in [6.45, 7) is -0.196. The standard InChI is InChI=1S/C14H16N6O3/c21-11(9-15-12-13(22)17-14(23)20-19-12)18-16-8-4-7-10-5-2-1-3-6-10/h1-3,5-6,8H,4,7,9H2,(H,15,19)(H,18,21)(H2,17,20,22,23)/b16-8-. The first-order valence-electron chi connectivity index (χ1n) is 6.92. The molecule has 0 bridgehead atoms. The highest BCUT2D eigenvalue weighted by molar-refractivity contribution is 5.80. The van der Waals surface area contributed by atoms with E-state index in [1.807, 2.05) is 35.3 Å². The molecule has 0 atom stereocenters. The molecule has 0 fully saturated rings. The van der Waals surface area contributed by atoms with Crippen molar-refractivity contribution in [2.24, 2.45) is 5.10 Å². The van der Waals surface area contributed by atoms with Crippen LogP contribution in [0.15, 0.2) is 45.0 Å². The minimum atomic E-state index is -0.715. The summed E-state index contributed by atoms with van der Waals surface area (Å²) in [5.74, 6) is -0.582. The number of hydrazone groups is 1. The summed E-state index contributed by atoms with van der Waals surface area (Å²) in [7, 11) is 0. The predicted octanol–water partition coefficient (Wildman–Crippen LogP) is -0.395. The molecule has 0 aliphatic rings. The Balaban J connectivity index is 1.69. The van der Waals surface area contributed by atoms with E-state index in [9.17, 15) is 14.4 Å². The third-order valence-electron chi connectivity index (χ3n) is 2.81. The van der Waals surface area contributed by atoms with Crippen LogP contribution in [0.25, 0.3) is 0 Å². The van der Waals surface area contributed by atoms with Crippen LogP contribution in [0.3, 0.4) is 0 Å². The zero-order chi connectivity index (χ0) is 16.5. The first kappa shape index (κ1) is 16.1. The summed E-state index contributed by atoms with van der Waals surface area (Å²) in [6, 6.07) is 9.92. The lowest BCUT2D eigenvalue weighted by atomic mass is 10.1. The number of hydrogen-bond acceptors (Lipinski definition) is 6. The van der Waals surface area contributed by atoms with Gasteiger partial charge in [0, 0.05) is 6.21 Å². The molecule has 9 heteroatoms. The zero-order valence-electron chi connectivity index (χ0n) is 12.2. The zero-order valence-corrected chi connectivity index (χ0v) is 12.2. The molecule has 0 radical (unpaired) electrons. The second-order valence-electron chi connectivity index (χ2n) is 4.58. The van der Waals surface area contributed by atoms with E-state index >= 15 is 0 Å². The normalized spacial score (nSPS) is 10.6. The second-order valence-corrected chi connectivity index (χ2v) is 4.58. The van der Waals surface area contributed by atoms with Crippen LogP contribution in [0, 0.1) is 0 Å². The maximum absolute atomic E-state index is 11.5. The van der Waals surface area contributed by atoms with E-state index in [0.717, 1.165) is 6.42 Å². The van der Waals surface area contributed by atoms with E-state index in [0.29, 0.717) is 6.42 Å². The number of carbonyl (C=O) groups excluding carboxylic acids is 1. The van der Waals surface area contributed by atoms with E-state index in [2.05, 4.69) is 26.0 Å². The molecule has 0 spiro atoms. The average molecular weight is 316 g/mol. The number of amides is 1. The fourth-order valence-electron chi connectivity index (χ4n) is 1.73. The average Bonchev–Trinajstić information content (AvgIpc) is 2.54.